The van der Waals surface area contributed by atoms with Crippen LogP contribution in [0, 0.1) is 0 Å². The number of rotatable bonds is 5. The van der Waals surface area contributed by atoms with Crippen molar-refractivity contribution in [2.75, 3.05) is 11.9 Å². The second-order valence-electron chi connectivity index (χ2n) is 6.49. The average Bonchev–Trinajstić information content (AvgIpc) is 3.09. The summed E-state index contributed by atoms with van der Waals surface area (Å²) < 4.78 is 0.750. The Labute approximate surface area is 160 Å². The van der Waals surface area contributed by atoms with Gasteiger partial charge in [0.1, 0.15) is 5.82 Å². The number of benzene rings is 1. The Morgan fingerprint density at radius 3 is 2.93 bits per heavy atom. The molecule has 0 aliphatic carbocycles. The Morgan fingerprint density at radius 2 is 2.04 bits per heavy atom. The van der Waals surface area contributed by atoms with E-state index >= 15 is 0 Å². The molecule has 0 fully saturated rings. The van der Waals surface area contributed by atoms with Gasteiger partial charge in [0.15, 0.2) is 10.4 Å². The second-order valence-corrected chi connectivity index (χ2v) is 7.95. The van der Waals surface area contributed by atoms with Gasteiger partial charge in [0, 0.05) is 24.1 Å². The van der Waals surface area contributed by atoms with E-state index in [9.17, 15) is 9.59 Å². The van der Waals surface area contributed by atoms with E-state index in [0.717, 1.165) is 22.1 Å². The molecule has 2 amide bonds. The second kappa shape index (κ2) is 7.03. The van der Waals surface area contributed by atoms with Crippen LogP contribution in [-0.2, 0) is 16.0 Å². The first kappa shape index (κ1) is 17.5. The van der Waals surface area contributed by atoms with Crippen LogP contribution in [0.25, 0.3) is 5.65 Å². The quantitative estimate of drug-likeness (QED) is 0.523. The molecular formula is C19H19N5O2S. The number of hydrogen-bond donors (Lipinski definition) is 2. The third kappa shape index (κ3) is 3.28. The third-order valence-electron chi connectivity index (χ3n) is 4.56. The van der Waals surface area contributed by atoms with Crippen molar-refractivity contribution >= 4 is 34.9 Å². The fraction of sp³-hybridized carbons (Fsp3) is 0.263. The molecule has 0 saturated carbocycles. The maximum absolute atomic E-state index is 12.7. The number of aromatic nitrogens is 3. The van der Waals surface area contributed by atoms with Gasteiger partial charge in [0.05, 0.1) is 5.69 Å². The zero-order valence-corrected chi connectivity index (χ0v) is 15.6. The molecule has 4 rings (SSSR count). The number of carbonyl (C=O) groups is 2. The van der Waals surface area contributed by atoms with Gasteiger partial charge >= 0.3 is 0 Å². The lowest BCUT2D eigenvalue weighted by Crippen LogP contribution is -2.52. The summed E-state index contributed by atoms with van der Waals surface area (Å²) >= 11 is 1.28. The monoisotopic (exact) mass is 381 g/mol. The molecule has 1 aliphatic rings. The zero-order chi connectivity index (χ0) is 18.9. The number of thioether (sulfide) groups is 1. The number of nitrogens with zero attached hydrogens (tertiary/aromatic N) is 3. The van der Waals surface area contributed by atoms with Gasteiger partial charge in [0.25, 0.3) is 0 Å². The predicted octanol–water partition coefficient (Wildman–Crippen LogP) is 2.28. The van der Waals surface area contributed by atoms with Crippen molar-refractivity contribution in [2.45, 2.75) is 29.4 Å². The van der Waals surface area contributed by atoms with Gasteiger partial charge in [0.2, 0.25) is 11.8 Å². The van der Waals surface area contributed by atoms with Crippen molar-refractivity contribution in [3.63, 3.8) is 0 Å². The standard InChI is InChI=1S/C19H19N5O2S/c1-19(18(26)21-13-7-2-3-8-14(13)27-19)17(25)20-11-6-10-16-23-22-15-9-4-5-12-24(15)16/h2-5,7-9,12H,6,10-11H2,1H3,(H,20,25)(H,21,26). The lowest BCUT2D eigenvalue weighted by molar-refractivity contribution is -0.129. The van der Waals surface area contributed by atoms with Gasteiger partial charge < -0.3 is 10.6 Å². The molecule has 0 saturated heterocycles. The fourth-order valence-electron chi connectivity index (χ4n) is 2.99. The highest BCUT2D eigenvalue weighted by molar-refractivity contribution is 8.02. The minimum Gasteiger partial charge on any atom is -0.354 e. The van der Waals surface area contributed by atoms with Gasteiger partial charge in [-0.2, -0.15) is 0 Å². The van der Waals surface area contributed by atoms with E-state index in [-0.39, 0.29) is 11.8 Å². The minimum absolute atomic E-state index is 0.286. The average molecular weight is 381 g/mol. The number of carbonyl (C=O) groups excluding carboxylic acids is 2. The minimum atomic E-state index is -1.18. The smallest absolute Gasteiger partial charge is 0.250 e. The topological polar surface area (TPSA) is 88.4 Å². The fourth-order valence-corrected chi connectivity index (χ4v) is 4.12. The summed E-state index contributed by atoms with van der Waals surface area (Å²) in [6.07, 6.45) is 3.31. The maximum Gasteiger partial charge on any atom is 0.250 e. The molecule has 3 aromatic rings. The number of aryl methyl sites for hydroxylation is 1. The summed E-state index contributed by atoms with van der Waals surface area (Å²) in [6, 6.07) is 13.2. The van der Waals surface area contributed by atoms with Crippen LogP contribution in [0.2, 0.25) is 0 Å². The van der Waals surface area contributed by atoms with Crippen LogP contribution in [-0.4, -0.2) is 37.7 Å². The first-order valence-corrected chi connectivity index (χ1v) is 9.56. The molecule has 27 heavy (non-hydrogen) atoms. The molecular weight excluding hydrogens is 362 g/mol. The number of fused-ring (bicyclic) bond motifs is 2. The van der Waals surface area contributed by atoms with Crippen LogP contribution in [0.15, 0.2) is 53.6 Å². The van der Waals surface area contributed by atoms with E-state index in [1.807, 2.05) is 53.1 Å². The number of nitrogens with one attached hydrogen (secondary N) is 2. The molecule has 0 spiro atoms. The maximum atomic E-state index is 12.7. The molecule has 0 radical (unpaired) electrons. The number of pyridine rings is 1. The molecule has 7 nitrogen and oxygen atoms in total. The van der Waals surface area contributed by atoms with Crippen LogP contribution >= 0.6 is 11.8 Å². The van der Waals surface area contributed by atoms with E-state index in [2.05, 4.69) is 20.8 Å². The Balaban J connectivity index is 1.36. The molecule has 2 N–H and O–H groups in total. The third-order valence-corrected chi connectivity index (χ3v) is 5.92. The molecule has 8 heteroatoms. The van der Waals surface area contributed by atoms with Gasteiger partial charge in [-0.3, -0.25) is 14.0 Å². The summed E-state index contributed by atoms with van der Waals surface area (Å²) in [5.41, 5.74) is 1.55. The highest BCUT2D eigenvalue weighted by atomic mass is 32.2. The lowest BCUT2D eigenvalue weighted by Gasteiger charge is -2.31. The SMILES string of the molecule is CC1(C(=O)NCCCc2nnc3ccccn23)Sc2ccccc2NC1=O. The van der Waals surface area contributed by atoms with E-state index in [1.165, 1.54) is 11.8 Å². The lowest BCUT2D eigenvalue weighted by atomic mass is 10.1. The number of amides is 2. The van der Waals surface area contributed by atoms with E-state index < -0.39 is 4.75 Å². The first-order valence-electron chi connectivity index (χ1n) is 8.74. The summed E-state index contributed by atoms with van der Waals surface area (Å²) in [6.45, 7) is 2.12. The first-order chi connectivity index (χ1) is 13.1. The molecule has 2 aromatic heterocycles. The molecule has 0 bridgehead atoms. The van der Waals surface area contributed by atoms with Crippen LogP contribution < -0.4 is 10.6 Å². The van der Waals surface area contributed by atoms with E-state index in [1.54, 1.807) is 6.92 Å². The molecule has 1 aromatic carbocycles. The van der Waals surface area contributed by atoms with Crippen molar-refractivity contribution in [3.8, 4) is 0 Å². The number of hydrogen-bond acceptors (Lipinski definition) is 5. The van der Waals surface area contributed by atoms with Gasteiger partial charge in [-0.25, -0.2) is 0 Å². The Kier molecular flexibility index (Phi) is 4.57. The van der Waals surface area contributed by atoms with Crippen LogP contribution in [0.5, 0.6) is 0 Å². The summed E-state index contributed by atoms with van der Waals surface area (Å²) in [4.78, 5) is 26.1. The van der Waals surface area contributed by atoms with Crippen molar-refractivity contribution in [1.29, 1.82) is 0 Å². The number of para-hydroxylation sites is 1. The van der Waals surface area contributed by atoms with Gasteiger partial charge in [-0.15, -0.1) is 10.2 Å². The zero-order valence-electron chi connectivity index (χ0n) is 14.8. The van der Waals surface area contributed by atoms with Crippen LogP contribution in [0.1, 0.15) is 19.2 Å². The predicted molar refractivity (Wildman–Crippen MR) is 104 cm³/mol. The normalized spacial score (nSPS) is 18.8. The Hall–Kier alpha value is -2.87. The van der Waals surface area contributed by atoms with Crippen molar-refractivity contribution in [1.82, 2.24) is 19.9 Å². The van der Waals surface area contributed by atoms with E-state index in [4.69, 9.17) is 0 Å². The molecule has 1 unspecified atom stereocenters. The van der Waals surface area contributed by atoms with Gasteiger partial charge in [-0.1, -0.05) is 30.0 Å². The van der Waals surface area contributed by atoms with Gasteiger partial charge in [-0.05, 0) is 37.6 Å². The summed E-state index contributed by atoms with van der Waals surface area (Å²) in [5, 5.41) is 14.0. The number of anilines is 1. The van der Waals surface area contributed by atoms with Crippen LogP contribution in [0.4, 0.5) is 5.69 Å². The summed E-state index contributed by atoms with van der Waals surface area (Å²) in [5.74, 6) is 0.266. The molecule has 3 heterocycles. The molecule has 1 aliphatic heterocycles. The molecule has 138 valence electrons. The van der Waals surface area contributed by atoms with Crippen LogP contribution in [0.3, 0.4) is 0 Å². The molecule has 1 atom stereocenters. The largest absolute Gasteiger partial charge is 0.354 e. The van der Waals surface area contributed by atoms with Crippen molar-refractivity contribution < 1.29 is 9.59 Å². The Morgan fingerprint density at radius 1 is 1.22 bits per heavy atom. The Bertz CT molecular complexity index is 1020. The van der Waals surface area contributed by atoms with Crippen molar-refractivity contribution in [3.05, 3.63) is 54.5 Å². The van der Waals surface area contributed by atoms with E-state index in [0.29, 0.717) is 19.4 Å². The summed E-state index contributed by atoms with van der Waals surface area (Å²) in [7, 11) is 0. The van der Waals surface area contributed by atoms with Crippen molar-refractivity contribution in [2.24, 2.45) is 0 Å². The highest BCUT2D eigenvalue weighted by Gasteiger charge is 2.45. The highest BCUT2D eigenvalue weighted by Crippen LogP contribution is 2.42.